The monoisotopic (exact) mass is 376 g/mol. The molecule has 0 spiro atoms. The second kappa shape index (κ2) is 7.30. The van der Waals surface area contributed by atoms with Gasteiger partial charge in [-0.05, 0) is 42.3 Å². The van der Waals surface area contributed by atoms with Gasteiger partial charge in [-0.3, -0.25) is 4.79 Å². The van der Waals surface area contributed by atoms with Gasteiger partial charge in [0.1, 0.15) is 0 Å². The zero-order chi connectivity index (χ0) is 19.6. The molecule has 0 aliphatic heterocycles. The van der Waals surface area contributed by atoms with Crippen molar-refractivity contribution in [1.82, 2.24) is 9.97 Å². The van der Waals surface area contributed by atoms with E-state index in [0.717, 1.165) is 29.1 Å². The number of H-pyrrole nitrogens is 1. The Kier molecular flexibility index (Phi) is 5.07. The molecule has 27 heavy (non-hydrogen) atoms. The Morgan fingerprint density at radius 3 is 2.48 bits per heavy atom. The van der Waals surface area contributed by atoms with Crippen molar-refractivity contribution in [2.24, 2.45) is 0 Å². The van der Waals surface area contributed by atoms with Crippen molar-refractivity contribution in [3.05, 3.63) is 53.6 Å². The highest BCUT2D eigenvalue weighted by atomic mass is 19.4. The minimum absolute atomic E-state index is 0.176. The van der Waals surface area contributed by atoms with Crippen LogP contribution in [0.5, 0.6) is 0 Å². The third-order valence-electron chi connectivity index (χ3n) is 4.10. The van der Waals surface area contributed by atoms with Gasteiger partial charge in [0.25, 0.3) is 0 Å². The molecule has 142 valence electrons. The molecule has 0 bridgehead atoms. The number of aryl methyl sites for hydroxylation is 1. The smallest absolute Gasteiger partial charge is 0.349 e. The van der Waals surface area contributed by atoms with Crippen molar-refractivity contribution >= 4 is 28.6 Å². The SMILES string of the molecule is CN(C)c1nc2ccc(NC(=O)CCc3ccc(C(F)(F)F)cc3)cc2[nH]1. The lowest BCUT2D eigenvalue weighted by molar-refractivity contribution is -0.137. The zero-order valence-electron chi connectivity index (χ0n) is 14.9. The number of benzene rings is 2. The van der Waals surface area contributed by atoms with Gasteiger partial charge in [0, 0.05) is 26.2 Å². The van der Waals surface area contributed by atoms with E-state index in [4.69, 9.17) is 0 Å². The number of nitrogens with zero attached hydrogens (tertiary/aromatic N) is 2. The Morgan fingerprint density at radius 1 is 1.15 bits per heavy atom. The summed E-state index contributed by atoms with van der Waals surface area (Å²) in [5.74, 6) is 0.511. The molecular weight excluding hydrogens is 357 g/mol. The van der Waals surface area contributed by atoms with Gasteiger partial charge in [-0.2, -0.15) is 13.2 Å². The molecule has 8 heteroatoms. The largest absolute Gasteiger partial charge is 0.416 e. The van der Waals surface area contributed by atoms with Crippen LogP contribution in [0.1, 0.15) is 17.5 Å². The van der Waals surface area contributed by atoms with Gasteiger partial charge in [-0.1, -0.05) is 12.1 Å². The zero-order valence-corrected chi connectivity index (χ0v) is 14.9. The fraction of sp³-hybridized carbons (Fsp3) is 0.263. The molecule has 0 fully saturated rings. The molecule has 1 aromatic heterocycles. The molecule has 0 atom stereocenters. The molecule has 0 saturated heterocycles. The van der Waals surface area contributed by atoms with E-state index in [9.17, 15) is 18.0 Å². The first-order chi connectivity index (χ1) is 12.7. The van der Waals surface area contributed by atoms with Crippen LogP contribution in [0.2, 0.25) is 0 Å². The molecule has 2 aromatic carbocycles. The van der Waals surface area contributed by atoms with E-state index in [1.807, 2.05) is 25.1 Å². The maximum absolute atomic E-state index is 12.6. The van der Waals surface area contributed by atoms with Crippen LogP contribution < -0.4 is 10.2 Å². The summed E-state index contributed by atoms with van der Waals surface area (Å²) < 4.78 is 37.7. The molecule has 0 aliphatic rings. The average Bonchev–Trinajstić information content (AvgIpc) is 3.03. The number of carbonyl (C=O) groups is 1. The lowest BCUT2D eigenvalue weighted by Gasteiger charge is -2.08. The van der Waals surface area contributed by atoms with Crippen molar-refractivity contribution in [2.45, 2.75) is 19.0 Å². The van der Waals surface area contributed by atoms with E-state index in [0.29, 0.717) is 17.7 Å². The predicted octanol–water partition coefficient (Wildman–Crippen LogP) is 4.22. The fourth-order valence-electron chi connectivity index (χ4n) is 2.63. The van der Waals surface area contributed by atoms with Gasteiger partial charge in [-0.15, -0.1) is 0 Å². The number of carbonyl (C=O) groups excluding carboxylic acids is 1. The van der Waals surface area contributed by atoms with Gasteiger partial charge >= 0.3 is 6.18 Å². The summed E-state index contributed by atoms with van der Waals surface area (Å²) in [6.45, 7) is 0. The third-order valence-corrected chi connectivity index (χ3v) is 4.10. The van der Waals surface area contributed by atoms with Crippen LogP contribution in [0, 0.1) is 0 Å². The second-order valence-electron chi connectivity index (χ2n) is 6.43. The highest BCUT2D eigenvalue weighted by molar-refractivity contribution is 5.93. The van der Waals surface area contributed by atoms with Gasteiger partial charge in [0.05, 0.1) is 16.6 Å². The molecule has 0 aliphatic carbocycles. The maximum atomic E-state index is 12.6. The van der Waals surface area contributed by atoms with Gasteiger partial charge in [-0.25, -0.2) is 4.98 Å². The number of aromatic amines is 1. The van der Waals surface area contributed by atoms with Crippen molar-refractivity contribution in [3.63, 3.8) is 0 Å². The van der Waals surface area contributed by atoms with Crippen LogP contribution in [0.15, 0.2) is 42.5 Å². The number of halogens is 3. The number of rotatable bonds is 5. The third kappa shape index (κ3) is 4.58. The summed E-state index contributed by atoms with van der Waals surface area (Å²) in [6, 6.07) is 10.2. The van der Waals surface area contributed by atoms with Crippen LogP contribution in [-0.2, 0) is 17.4 Å². The molecule has 3 aromatic rings. The van der Waals surface area contributed by atoms with Crippen molar-refractivity contribution in [1.29, 1.82) is 0 Å². The number of anilines is 2. The van der Waals surface area contributed by atoms with Crippen LogP contribution >= 0.6 is 0 Å². The van der Waals surface area contributed by atoms with Crippen LogP contribution in [0.3, 0.4) is 0 Å². The Labute approximate surface area is 154 Å². The topological polar surface area (TPSA) is 61.0 Å². The van der Waals surface area contributed by atoms with Crippen molar-refractivity contribution < 1.29 is 18.0 Å². The van der Waals surface area contributed by atoms with Crippen LogP contribution in [0.4, 0.5) is 24.8 Å². The summed E-state index contributed by atoms with van der Waals surface area (Å²) in [4.78, 5) is 21.6. The van der Waals surface area contributed by atoms with Gasteiger partial charge in [0.15, 0.2) is 0 Å². The normalized spacial score (nSPS) is 11.6. The standard InChI is InChI=1S/C19H19F3N4O/c1-26(2)18-24-15-9-8-14(11-16(15)25-18)23-17(27)10-5-12-3-6-13(7-4-12)19(20,21)22/h3-4,6-9,11H,5,10H2,1-2H3,(H,23,27)(H,24,25). The van der Waals surface area contributed by atoms with Crippen LogP contribution in [-0.4, -0.2) is 30.0 Å². The second-order valence-corrected chi connectivity index (χ2v) is 6.43. The van der Waals surface area contributed by atoms with Crippen molar-refractivity contribution in [3.8, 4) is 0 Å². The highest BCUT2D eigenvalue weighted by Crippen LogP contribution is 2.29. The van der Waals surface area contributed by atoms with E-state index >= 15 is 0 Å². The van der Waals surface area contributed by atoms with Gasteiger partial charge in [0.2, 0.25) is 11.9 Å². The lowest BCUT2D eigenvalue weighted by Crippen LogP contribution is -2.12. The molecule has 1 amide bonds. The van der Waals surface area contributed by atoms with E-state index in [2.05, 4.69) is 15.3 Å². The number of fused-ring (bicyclic) bond motifs is 1. The summed E-state index contributed by atoms with van der Waals surface area (Å²) in [5.41, 5.74) is 2.22. The first-order valence-electron chi connectivity index (χ1n) is 8.35. The first-order valence-corrected chi connectivity index (χ1v) is 8.35. The number of nitrogens with one attached hydrogen (secondary N) is 2. The number of aromatic nitrogens is 2. The average molecular weight is 376 g/mol. The summed E-state index contributed by atoms with van der Waals surface area (Å²) in [5, 5.41) is 2.80. The highest BCUT2D eigenvalue weighted by Gasteiger charge is 2.29. The summed E-state index contributed by atoms with van der Waals surface area (Å²) in [7, 11) is 3.75. The molecule has 2 N–H and O–H groups in total. The van der Waals surface area contributed by atoms with E-state index < -0.39 is 11.7 Å². The number of hydrogen-bond donors (Lipinski definition) is 2. The van der Waals surface area contributed by atoms with Gasteiger partial charge < -0.3 is 15.2 Å². The van der Waals surface area contributed by atoms with E-state index in [-0.39, 0.29) is 12.3 Å². The number of hydrogen-bond acceptors (Lipinski definition) is 3. The number of amides is 1. The molecular formula is C19H19F3N4O. The minimum atomic E-state index is -4.35. The quantitative estimate of drug-likeness (QED) is 0.701. The Morgan fingerprint density at radius 2 is 1.85 bits per heavy atom. The minimum Gasteiger partial charge on any atom is -0.349 e. The Bertz CT molecular complexity index is 946. The summed E-state index contributed by atoms with van der Waals surface area (Å²) >= 11 is 0. The van der Waals surface area contributed by atoms with E-state index in [1.54, 1.807) is 12.1 Å². The van der Waals surface area contributed by atoms with Crippen LogP contribution in [0.25, 0.3) is 11.0 Å². The molecule has 0 saturated carbocycles. The Hall–Kier alpha value is -3.03. The predicted molar refractivity (Wildman–Crippen MR) is 98.8 cm³/mol. The number of imidazole rings is 1. The van der Waals surface area contributed by atoms with E-state index in [1.165, 1.54) is 12.1 Å². The fourth-order valence-corrected chi connectivity index (χ4v) is 2.63. The first kappa shape index (κ1) is 18.8. The van der Waals surface area contributed by atoms with Crippen molar-refractivity contribution in [2.75, 3.05) is 24.3 Å². The number of alkyl halides is 3. The lowest BCUT2D eigenvalue weighted by atomic mass is 10.1. The molecule has 0 unspecified atom stereocenters. The molecule has 5 nitrogen and oxygen atoms in total. The maximum Gasteiger partial charge on any atom is 0.416 e. The molecule has 3 rings (SSSR count). The molecule has 1 heterocycles. The Balaban J connectivity index is 1.59. The summed E-state index contributed by atoms with van der Waals surface area (Å²) in [6.07, 6.45) is -3.82. The molecule has 0 radical (unpaired) electrons.